The minimum Gasteiger partial charge on any atom is -0.376 e. The van der Waals surface area contributed by atoms with Crippen molar-refractivity contribution in [2.75, 3.05) is 19.7 Å². The van der Waals surface area contributed by atoms with E-state index in [1.807, 2.05) is 0 Å². The number of carbonyl (C=O) groups excluding carboxylic acids is 1. The van der Waals surface area contributed by atoms with E-state index in [2.05, 4.69) is 11.2 Å². The highest BCUT2D eigenvalue weighted by atomic mass is 16.5. The van der Waals surface area contributed by atoms with Gasteiger partial charge in [-0.1, -0.05) is 5.16 Å². The van der Waals surface area contributed by atoms with Crippen LogP contribution in [-0.4, -0.2) is 41.8 Å². The third-order valence-electron chi connectivity index (χ3n) is 3.48. The maximum absolute atomic E-state index is 12.6. The van der Waals surface area contributed by atoms with Crippen molar-refractivity contribution in [1.29, 1.82) is 5.26 Å². The number of amides is 1. The van der Waals surface area contributed by atoms with E-state index in [0.29, 0.717) is 36.5 Å². The van der Waals surface area contributed by atoms with Gasteiger partial charge in [0.2, 0.25) is 0 Å². The van der Waals surface area contributed by atoms with E-state index in [-0.39, 0.29) is 12.0 Å². The van der Waals surface area contributed by atoms with Gasteiger partial charge in [0.05, 0.1) is 24.3 Å². The number of hydrogen-bond acceptors (Lipinski definition) is 5. The molecule has 20 heavy (non-hydrogen) atoms. The number of nitrogens with zero attached hydrogens (tertiary/aromatic N) is 3. The molecule has 6 nitrogen and oxygen atoms in total. The van der Waals surface area contributed by atoms with E-state index in [1.54, 1.807) is 18.7 Å². The Bertz CT molecular complexity index is 493. The molecule has 0 saturated carbocycles. The molecule has 1 fully saturated rings. The van der Waals surface area contributed by atoms with Crippen LogP contribution < -0.4 is 0 Å². The van der Waals surface area contributed by atoms with Crippen LogP contribution in [0.25, 0.3) is 0 Å². The highest BCUT2D eigenvalue weighted by Crippen LogP contribution is 2.18. The summed E-state index contributed by atoms with van der Waals surface area (Å²) >= 11 is 0. The number of aromatic nitrogens is 1. The summed E-state index contributed by atoms with van der Waals surface area (Å²) in [6, 6.07) is 2.08. The Morgan fingerprint density at radius 2 is 2.35 bits per heavy atom. The molecule has 0 N–H and O–H groups in total. The lowest BCUT2D eigenvalue weighted by Gasteiger charge is -2.24. The third kappa shape index (κ3) is 3.17. The minimum absolute atomic E-state index is 0.0677. The Balaban J connectivity index is 2.12. The number of ether oxygens (including phenoxy) is 1. The van der Waals surface area contributed by atoms with Crippen LogP contribution in [0.2, 0.25) is 0 Å². The monoisotopic (exact) mass is 277 g/mol. The number of rotatable bonds is 5. The van der Waals surface area contributed by atoms with Gasteiger partial charge in [-0.05, 0) is 26.7 Å². The van der Waals surface area contributed by atoms with Gasteiger partial charge < -0.3 is 14.2 Å². The van der Waals surface area contributed by atoms with Crippen LogP contribution in [0.4, 0.5) is 0 Å². The summed E-state index contributed by atoms with van der Waals surface area (Å²) in [5.41, 5.74) is 1.09. The molecule has 1 amide bonds. The van der Waals surface area contributed by atoms with E-state index in [1.165, 1.54) is 0 Å². The Morgan fingerprint density at radius 1 is 1.55 bits per heavy atom. The molecular formula is C14H19N3O3. The molecule has 1 aliphatic rings. The van der Waals surface area contributed by atoms with Gasteiger partial charge in [0.15, 0.2) is 0 Å². The zero-order chi connectivity index (χ0) is 14.5. The Kier molecular flexibility index (Phi) is 4.74. The molecular weight excluding hydrogens is 258 g/mol. The predicted molar refractivity (Wildman–Crippen MR) is 71.1 cm³/mol. The van der Waals surface area contributed by atoms with E-state index in [9.17, 15) is 4.79 Å². The molecule has 0 radical (unpaired) electrons. The number of hydrogen-bond donors (Lipinski definition) is 0. The van der Waals surface area contributed by atoms with Crippen LogP contribution in [0, 0.1) is 25.2 Å². The molecule has 1 aromatic rings. The van der Waals surface area contributed by atoms with Crippen molar-refractivity contribution in [2.24, 2.45) is 0 Å². The quantitative estimate of drug-likeness (QED) is 0.820. The van der Waals surface area contributed by atoms with Gasteiger partial charge in [0.1, 0.15) is 11.3 Å². The van der Waals surface area contributed by atoms with Crippen molar-refractivity contribution < 1.29 is 14.1 Å². The highest BCUT2D eigenvalue weighted by Gasteiger charge is 2.27. The van der Waals surface area contributed by atoms with Gasteiger partial charge in [-0.25, -0.2) is 0 Å². The fourth-order valence-corrected chi connectivity index (χ4v) is 2.44. The van der Waals surface area contributed by atoms with Crippen molar-refractivity contribution in [1.82, 2.24) is 10.1 Å². The number of aryl methyl sites for hydroxylation is 2. The molecule has 2 rings (SSSR count). The second-order valence-corrected chi connectivity index (χ2v) is 4.99. The highest BCUT2D eigenvalue weighted by molar-refractivity contribution is 5.96. The molecule has 2 heterocycles. The van der Waals surface area contributed by atoms with Gasteiger partial charge >= 0.3 is 0 Å². The second-order valence-electron chi connectivity index (χ2n) is 4.99. The molecule has 0 aliphatic carbocycles. The number of nitriles is 1. The third-order valence-corrected chi connectivity index (χ3v) is 3.48. The normalized spacial score (nSPS) is 17.9. The van der Waals surface area contributed by atoms with Crippen LogP contribution >= 0.6 is 0 Å². The van der Waals surface area contributed by atoms with Gasteiger partial charge in [0, 0.05) is 19.7 Å². The van der Waals surface area contributed by atoms with Crippen molar-refractivity contribution >= 4 is 5.91 Å². The van der Waals surface area contributed by atoms with Crippen molar-refractivity contribution in [3.63, 3.8) is 0 Å². The average Bonchev–Trinajstić information content (AvgIpc) is 3.04. The van der Waals surface area contributed by atoms with E-state index in [4.69, 9.17) is 14.5 Å². The summed E-state index contributed by atoms with van der Waals surface area (Å²) < 4.78 is 10.6. The second kappa shape index (κ2) is 6.53. The zero-order valence-electron chi connectivity index (χ0n) is 11.9. The summed E-state index contributed by atoms with van der Waals surface area (Å²) in [6.45, 7) is 5.14. The van der Waals surface area contributed by atoms with Crippen LogP contribution in [0.1, 0.15) is 41.1 Å². The van der Waals surface area contributed by atoms with Gasteiger partial charge in [-0.3, -0.25) is 4.79 Å². The smallest absolute Gasteiger partial charge is 0.259 e. The van der Waals surface area contributed by atoms with Crippen molar-refractivity contribution in [3.8, 4) is 6.07 Å². The maximum atomic E-state index is 12.6. The predicted octanol–water partition coefficient (Wildman–Crippen LogP) is 1.83. The zero-order valence-corrected chi connectivity index (χ0v) is 11.9. The Labute approximate surface area is 118 Å². The first-order valence-electron chi connectivity index (χ1n) is 6.84. The van der Waals surface area contributed by atoms with Gasteiger partial charge in [-0.15, -0.1) is 0 Å². The molecule has 1 aromatic heterocycles. The molecule has 108 valence electrons. The maximum Gasteiger partial charge on any atom is 0.259 e. The molecule has 0 aromatic carbocycles. The lowest BCUT2D eigenvalue weighted by Crippen LogP contribution is -2.38. The Hall–Kier alpha value is -1.87. The molecule has 1 aliphatic heterocycles. The van der Waals surface area contributed by atoms with E-state index >= 15 is 0 Å². The van der Waals surface area contributed by atoms with Crippen LogP contribution in [-0.2, 0) is 4.74 Å². The SMILES string of the molecule is Cc1noc(C)c1C(=O)N(CCC#N)CC1CCCO1. The van der Waals surface area contributed by atoms with Gasteiger partial charge in [0.25, 0.3) is 5.91 Å². The summed E-state index contributed by atoms with van der Waals surface area (Å²) in [5, 5.41) is 12.6. The van der Waals surface area contributed by atoms with Crippen LogP contribution in [0.15, 0.2) is 4.52 Å². The largest absolute Gasteiger partial charge is 0.376 e. The summed E-state index contributed by atoms with van der Waals surface area (Å²) in [4.78, 5) is 14.3. The molecule has 1 unspecified atom stereocenters. The van der Waals surface area contributed by atoms with Crippen LogP contribution in [0.5, 0.6) is 0 Å². The first-order valence-corrected chi connectivity index (χ1v) is 6.84. The van der Waals surface area contributed by atoms with Gasteiger partial charge in [-0.2, -0.15) is 5.26 Å². The fraction of sp³-hybridized carbons (Fsp3) is 0.643. The lowest BCUT2D eigenvalue weighted by atomic mass is 10.1. The van der Waals surface area contributed by atoms with E-state index in [0.717, 1.165) is 19.4 Å². The topological polar surface area (TPSA) is 79.4 Å². The minimum atomic E-state index is -0.132. The molecule has 0 bridgehead atoms. The first-order chi connectivity index (χ1) is 9.63. The summed E-state index contributed by atoms with van der Waals surface area (Å²) in [7, 11) is 0. The van der Waals surface area contributed by atoms with Crippen molar-refractivity contribution in [2.45, 2.75) is 39.2 Å². The van der Waals surface area contributed by atoms with E-state index < -0.39 is 0 Å². The molecule has 1 saturated heterocycles. The summed E-state index contributed by atoms with van der Waals surface area (Å²) in [6.07, 6.45) is 2.36. The average molecular weight is 277 g/mol. The first kappa shape index (κ1) is 14.5. The Morgan fingerprint density at radius 3 is 2.90 bits per heavy atom. The fourth-order valence-electron chi connectivity index (χ4n) is 2.44. The molecule has 6 heteroatoms. The standard InChI is InChI=1S/C14H19N3O3/c1-10-13(11(2)20-16-10)14(18)17(7-4-6-15)9-12-5-3-8-19-12/h12H,3-5,7-9H2,1-2H3. The van der Waals surface area contributed by atoms with Crippen molar-refractivity contribution in [3.05, 3.63) is 17.0 Å². The lowest BCUT2D eigenvalue weighted by molar-refractivity contribution is 0.0529. The van der Waals surface area contributed by atoms with Crippen LogP contribution in [0.3, 0.4) is 0 Å². The number of carbonyl (C=O) groups is 1. The molecule has 0 spiro atoms. The summed E-state index contributed by atoms with van der Waals surface area (Å²) in [5.74, 6) is 0.383. The molecule has 1 atom stereocenters.